The lowest BCUT2D eigenvalue weighted by molar-refractivity contribution is -0.123. The first-order valence-electron chi connectivity index (χ1n) is 9.99. The highest BCUT2D eigenvalue weighted by molar-refractivity contribution is 5.97. The number of nitrogens with one attached hydrogen (secondary N) is 2. The average molecular weight is 396 g/mol. The van der Waals surface area contributed by atoms with Crippen molar-refractivity contribution in [3.63, 3.8) is 0 Å². The van der Waals surface area contributed by atoms with Gasteiger partial charge >= 0.3 is 0 Å². The Hall–Kier alpha value is -3.09. The summed E-state index contributed by atoms with van der Waals surface area (Å²) < 4.78 is 5.74. The molecule has 0 bridgehead atoms. The molecular weight excluding hydrogens is 368 g/mol. The lowest BCUT2D eigenvalue weighted by Crippen LogP contribution is -2.48. The summed E-state index contributed by atoms with van der Waals surface area (Å²) in [5.41, 5.74) is 4.09. The van der Waals surface area contributed by atoms with Crippen molar-refractivity contribution in [2.45, 2.75) is 39.7 Å². The molecule has 1 fully saturated rings. The van der Waals surface area contributed by atoms with Gasteiger partial charge in [-0.3, -0.25) is 9.59 Å². The zero-order chi connectivity index (χ0) is 20.8. The molecule has 1 atom stereocenters. The van der Waals surface area contributed by atoms with Gasteiger partial charge in [0.25, 0.3) is 11.8 Å². The molecule has 7 heteroatoms. The second-order valence-electron chi connectivity index (χ2n) is 7.67. The van der Waals surface area contributed by atoms with Gasteiger partial charge in [0.1, 0.15) is 11.8 Å². The molecule has 154 valence electrons. The summed E-state index contributed by atoms with van der Waals surface area (Å²) in [6, 6.07) is 10.3. The van der Waals surface area contributed by atoms with Gasteiger partial charge in [-0.15, -0.1) is 0 Å². The minimum absolute atomic E-state index is 0.0926. The molecule has 2 N–H and O–H groups in total. The molecule has 2 amide bonds. The van der Waals surface area contributed by atoms with Gasteiger partial charge in [0.05, 0.1) is 6.21 Å². The van der Waals surface area contributed by atoms with Gasteiger partial charge in [-0.1, -0.05) is 31.5 Å². The van der Waals surface area contributed by atoms with Crippen LogP contribution in [0.2, 0.25) is 0 Å². The van der Waals surface area contributed by atoms with E-state index in [1.807, 2.05) is 45.0 Å². The van der Waals surface area contributed by atoms with Gasteiger partial charge in [-0.25, -0.2) is 5.43 Å². The number of carbonyl (C=O) groups is 2. The van der Waals surface area contributed by atoms with E-state index in [0.29, 0.717) is 11.3 Å². The van der Waals surface area contributed by atoms with E-state index in [2.05, 4.69) is 20.7 Å². The van der Waals surface area contributed by atoms with Gasteiger partial charge in [-0.2, -0.15) is 5.10 Å². The van der Waals surface area contributed by atoms with E-state index in [-0.39, 0.29) is 17.7 Å². The second kappa shape index (κ2) is 9.41. The van der Waals surface area contributed by atoms with Crippen LogP contribution < -0.4 is 15.6 Å². The summed E-state index contributed by atoms with van der Waals surface area (Å²) in [5.74, 6) is 0.634. The maximum Gasteiger partial charge on any atom is 0.262 e. The number of carbonyl (C=O) groups excluding carboxylic acids is 2. The van der Waals surface area contributed by atoms with Crippen molar-refractivity contribution in [2.75, 3.05) is 18.0 Å². The van der Waals surface area contributed by atoms with Crippen molar-refractivity contribution >= 4 is 23.9 Å². The van der Waals surface area contributed by atoms with Crippen LogP contribution in [0.5, 0.6) is 0 Å². The van der Waals surface area contributed by atoms with E-state index in [0.717, 1.165) is 24.5 Å². The standard InChI is InChI=1S/C22H28N4O3/c1-15(2)20(24-21(27)17-8-6-16(3)7-9-17)22(28)25-23-14-18-10-11-19(29-18)26-12-4-5-13-26/h6-11,14-15,20H,4-5,12-13H2,1-3H3,(H,24,27)(H,25,28). The Balaban J connectivity index is 1.57. The Morgan fingerprint density at radius 2 is 1.79 bits per heavy atom. The zero-order valence-corrected chi connectivity index (χ0v) is 17.1. The highest BCUT2D eigenvalue weighted by atomic mass is 16.4. The van der Waals surface area contributed by atoms with Crippen LogP contribution in [0.25, 0.3) is 0 Å². The summed E-state index contributed by atoms with van der Waals surface area (Å²) in [7, 11) is 0. The molecule has 1 aromatic carbocycles. The summed E-state index contributed by atoms with van der Waals surface area (Å²) in [6.45, 7) is 7.70. The molecule has 0 radical (unpaired) electrons. The van der Waals surface area contributed by atoms with Gasteiger partial charge in [0.15, 0.2) is 5.88 Å². The largest absolute Gasteiger partial charge is 0.440 e. The molecule has 3 rings (SSSR count). The van der Waals surface area contributed by atoms with Crippen LogP contribution in [0.15, 0.2) is 45.9 Å². The van der Waals surface area contributed by atoms with Crippen molar-refractivity contribution in [1.82, 2.24) is 10.7 Å². The molecule has 0 spiro atoms. The Morgan fingerprint density at radius 1 is 1.10 bits per heavy atom. The molecule has 1 saturated heterocycles. The summed E-state index contributed by atoms with van der Waals surface area (Å²) >= 11 is 0. The Kier molecular flexibility index (Phi) is 6.69. The van der Waals surface area contributed by atoms with Crippen molar-refractivity contribution in [2.24, 2.45) is 11.0 Å². The molecule has 29 heavy (non-hydrogen) atoms. The van der Waals surface area contributed by atoms with Crippen molar-refractivity contribution < 1.29 is 14.0 Å². The lowest BCUT2D eigenvalue weighted by Gasteiger charge is -2.20. The van der Waals surface area contributed by atoms with Gasteiger partial charge in [-0.05, 0) is 43.9 Å². The maximum absolute atomic E-state index is 12.5. The van der Waals surface area contributed by atoms with Crippen molar-refractivity contribution in [3.05, 3.63) is 53.3 Å². The first kappa shape index (κ1) is 20.6. The minimum Gasteiger partial charge on any atom is -0.440 e. The highest BCUT2D eigenvalue weighted by Crippen LogP contribution is 2.21. The lowest BCUT2D eigenvalue weighted by atomic mass is 10.0. The first-order chi connectivity index (χ1) is 13.9. The quantitative estimate of drug-likeness (QED) is 0.556. The van der Waals surface area contributed by atoms with E-state index < -0.39 is 6.04 Å². The van der Waals surface area contributed by atoms with E-state index in [1.54, 1.807) is 12.1 Å². The van der Waals surface area contributed by atoms with Crippen molar-refractivity contribution in [3.8, 4) is 0 Å². The summed E-state index contributed by atoms with van der Waals surface area (Å²) in [5, 5.41) is 6.78. The van der Waals surface area contributed by atoms with Crippen LogP contribution in [0.4, 0.5) is 5.88 Å². The van der Waals surface area contributed by atoms with Crippen LogP contribution in [0.3, 0.4) is 0 Å². The Bertz CT molecular complexity index is 864. The monoisotopic (exact) mass is 396 g/mol. The normalized spacial score (nSPS) is 15.1. The number of aryl methyl sites for hydroxylation is 1. The maximum atomic E-state index is 12.5. The van der Waals surface area contributed by atoms with E-state index in [1.165, 1.54) is 19.1 Å². The fraction of sp³-hybridized carbons (Fsp3) is 0.409. The number of hydrazone groups is 1. The van der Waals surface area contributed by atoms with Crippen LogP contribution in [0.1, 0.15) is 48.4 Å². The van der Waals surface area contributed by atoms with Gasteiger partial charge in [0.2, 0.25) is 0 Å². The number of rotatable bonds is 7. The third kappa shape index (κ3) is 5.47. The van der Waals surface area contributed by atoms with Crippen molar-refractivity contribution in [1.29, 1.82) is 0 Å². The molecule has 1 unspecified atom stereocenters. The van der Waals surface area contributed by atoms with E-state index in [4.69, 9.17) is 4.42 Å². The molecule has 2 aromatic rings. The van der Waals surface area contributed by atoms with E-state index >= 15 is 0 Å². The SMILES string of the molecule is Cc1ccc(C(=O)NC(C(=O)NN=Cc2ccc(N3CCCC3)o2)C(C)C)cc1. The molecule has 1 aliphatic rings. The van der Waals surface area contributed by atoms with E-state index in [9.17, 15) is 9.59 Å². The smallest absolute Gasteiger partial charge is 0.262 e. The molecule has 1 aliphatic heterocycles. The molecule has 0 saturated carbocycles. The Morgan fingerprint density at radius 3 is 2.45 bits per heavy atom. The van der Waals surface area contributed by atoms with Crippen LogP contribution in [0, 0.1) is 12.8 Å². The van der Waals surface area contributed by atoms with Crippen LogP contribution in [-0.4, -0.2) is 37.2 Å². The number of amides is 2. The molecule has 2 heterocycles. The number of nitrogens with zero attached hydrogens (tertiary/aromatic N) is 2. The number of hydrogen-bond donors (Lipinski definition) is 2. The average Bonchev–Trinajstić information content (AvgIpc) is 3.37. The predicted molar refractivity (Wildman–Crippen MR) is 113 cm³/mol. The summed E-state index contributed by atoms with van der Waals surface area (Å²) in [6.07, 6.45) is 3.81. The number of benzene rings is 1. The van der Waals surface area contributed by atoms with Crippen LogP contribution in [-0.2, 0) is 4.79 Å². The number of hydrogen-bond acceptors (Lipinski definition) is 5. The molecular formula is C22H28N4O3. The zero-order valence-electron chi connectivity index (χ0n) is 17.1. The topological polar surface area (TPSA) is 86.9 Å². The molecule has 0 aliphatic carbocycles. The third-order valence-electron chi connectivity index (χ3n) is 4.95. The number of anilines is 1. The predicted octanol–water partition coefficient (Wildman–Crippen LogP) is 3.09. The molecule has 7 nitrogen and oxygen atoms in total. The second-order valence-corrected chi connectivity index (χ2v) is 7.67. The Labute approximate surface area is 171 Å². The first-order valence-corrected chi connectivity index (χ1v) is 9.99. The highest BCUT2D eigenvalue weighted by Gasteiger charge is 2.24. The van der Waals surface area contributed by atoms with Gasteiger partial charge in [0, 0.05) is 24.7 Å². The fourth-order valence-electron chi connectivity index (χ4n) is 3.21. The third-order valence-corrected chi connectivity index (χ3v) is 4.95. The fourth-order valence-corrected chi connectivity index (χ4v) is 3.21. The summed E-state index contributed by atoms with van der Waals surface area (Å²) in [4.78, 5) is 27.2. The van der Waals surface area contributed by atoms with Gasteiger partial charge < -0.3 is 14.6 Å². The number of furan rings is 1. The molecule has 1 aromatic heterocycles. The van der Waals surface area contributed by atoms with Crippen LogP contribution >= 0.6 is 0 Å². The minimum atomic E-state index is -0.697.